The zero-order chi connectivity index (χ0) is 14.8. The summed E-state index contributed by atoms with van der Waals surface area (Å²) >= 11 is 0. The lowest BCUT2D eigenvalue weighted by Gasteiger charge is -2.32. The molecule has 0 aromatic heterocycles. The molecular formula is C15H16N2O4. The normalized spacial score (nSPS) is 21.2. The minimum atomic E-state index is -0.456. The predicted octanol–water partition coefficient (Wildman–Crippen LogP) is 1.21. The Bertz CT molecular complexity index is 597. The number of hydrogen-bond acceptors (Lipinski definition) is 4. The number of carbonyl (C=O) groups excluding carboxylic acids is 2. The topological polar surface area (TPSA) is 67.9 Å². The summed E-state index contributed by atoms with van der Waals surface area (Å²) < 4.78 is 10.1. The van der Waals surface area contributed by atoms with Gasteiger partial charge in [-0.15, -0.1) is 0 Å². The number of esters is 1. The van der Waals surface area contributed by atoms with Gasteiger partial charge in [-0.1, -0.05) is 30.3 Å². The Labute approximate surface area is 122 Å². The lowest BCUT2D eigenvalue weighted by molar-refractivity contribution is -0.136. The monoisotopic (exact) mass is 288 g/mol. The summed E-state index contributed by atoms with van der Waals surface area (Å²) in [5.74, 6) is -0.374. The molecule has 21 heavy (non-hydrogen) atoms. The van der Waals surface area contributed by atoms with Crippen LogP contribution in [0.1, 0.15) is 11.6 Å². The molecule has 2 amide bonds. The van der Waals surface area contributed by atoms with E-state index in [0.717, 1.165) is 5.56 Å². The third-order valence-corrected chi connectivity index (χ3v) is 3.65. The van der Waals surface area contributed by atoms with Crippen molar-refractivity contribution in [2.24, 2.45) is 0 Å². The molecule has 1 N–H and O–H groups in total. The van der Waals surface area contributed by atoms with Crippen LogP contribution in [0, 0.1) is 0 Å². The maximum atomic E-state index is 12.3. The molecule has 6 heteroatoms. The van der Waals surface area contributed by atoms with Crippen molar-refractivity contribution < 1.29 is 19.1 Å². The highest BCUT2D eigenvalue weighted by Crippen LogP contribution is 2.34. The smallest absolute Gasteiger partial charge is 0.338 e. The van der Waals surface area contributed by atoms with E-state index in [-0.39, 0.29) is 18.6 Å². The van der Waals surface area contributed by atoms with Crippen molar-refractivity contribution in [1.82, 2.24) is 10.2 Å². The average Bonchev–Trinajstić information content (AvgIpc) is 2.89. The Kier molecular flexibility index (Phi) is 3.62. The Balaban J connectivity index is 1.99. The molecule has 1 unspecified atom stereocenters. The molecule has 0 fully saturated rings. The number of carbonyl (C=O) groups is 2. The van der Waals surface area contributed by atoms with Crippen molar-refractivity contribution >= 4 is 12.0 Å². The first-order valence-electron chi connectivity index (χ1n) is 6.74. The molecule has 0 aliphatic carbocycles. The number of urea groups is 1. The van der Waals surface area contributed by atoms with E-state index in [1.807, 2.05) is 30.3 Å². The zero-order valence-electron chi connectivity index (χ0n) is 11.7. The molecule has 2 heterocycles. The van der Waals surface area contributed by atoms with Crippen molar-refractivity contribution in [1.29, 1.82) is 0 Å². The van der Waals surface area contributed by atoms with Crippen molar-refractivity contribution in [2.75, 3.05) is 26.9 Å². The quantitative estimate of drug-likeness (QED) is 0.846. The SMILES string of the molecule is COCCN1C(=O)NC(c2ccccc2)C2=C1COC2=O. The van der Waals surface area contributed by atoms with Crippen LogP contribution in [-0.4, -0.2) is 43.8 Å². The van der Waals surface area contributed by atoms with E-state index < -0.39 is 6.04 Å². The number of benzene rings is 1. The summed E-state index contributed by atoms with van der Waals surface area (Å²) in [5.41, 5.74) is 2.01. The van der Waals surface area contributed by atoms with Crippen LogP contribution >= 0.6 is 0 Å². The van der Waals surface area contributed by atoms with Crippen molar-refractivity contribution in [3.8, 4) is 0 Å². The predicted molar refractivity (Wildman–Crippen MR) is 74.3 cm³/mol. The highest BCUT2D eigenvalue weighted by molar-refractivity contribution is 5.97. The number of cyclic esters (lactones) is 1. The molecule has 1 aromatic rings. The first-order chi connectivity index (χ1) is 10.2. The first-order valence-corrected chi connectivity index (χ1v) is 6.74. The molecule has 0 radical (unpaired) electrons. The standard InChI is InChI=1S/C15H16N2O4/c1-20-8-7-17-11-9-21-14(18)12(11)13(16-15(17)19)10-5-3-2-4-6-10/h2-6,13H,7-9H2,1H3,(H,16,19). The molecule has 0 saturated carbocycles. The molecule has 1 atom stereocenters. The first kappa shape index (κ1) is 13.6. The van der Waals surface area contributed by atoms with Gasteiger partial charge in [-0.25, -0.2) is 9.59 Å². The molecule has 3 rings (SSSR count). The molecule has 2 aliphatic rings. The summed E-state index contributed by atoms with van der Waals surface area (Å²) in [6.07, 6.45) is 0. The fourth-order valence-corrected chi connectivity index (χ4v) is 2.63. The van der Waals surface area contributed by atoms with E-state index in [2.05, 4.69) is 5.32 Å². The van der Waals surface area contributed by atoms with Gasteiger partial charge in [0.05, 0.1) is 30.5 Å². The molecule has 6 nitrogen and oxygen atoms in total. The second kappa shape index (κ2) is 5.57. The molecule has 0 bridgehead atoms. The average molecular weight is 288 g/mol. The Morgan fingerprint density at radius 1 is 1.33 bits per heavy atom. The highest BCUT2D eigenvalue weighted by atomic mass is 16.5. The largest absolute Gasteiger partial charge is 0.456 e. The van der Waals surface area contributed by atoms with Gasteiger partial charge < -0.3 is 14.8 Å². The summed E-state index contributed by atoms with van der Waals surface area (Å²) in [4.78, 5) is 25.8. The summed E-state index contributed by atoms with van der Waals surface area (Å²) in [6, 6.07) is 8.71. The minimum Gasteiger partial charge on any atom is -0.456 e. The highest BCUT2D eigenvalue weighted by Gasteiger charge is 2.41. The fraction of sp³-hybridized carbons (Fsp3) is 0.333. The number of ether oxygens (including phenoxy) is 2. The molecule has 0 saturated heterocycles. The fourth-order valence-electron chi connectivity index (χ4n) is 2.63. The second-order valence-corrected chi connectivity index (χ2v) is 4.87. The van der Waals surface area contributed by atoms with Gasteiger partial charge >= 0.3 is 12.0 Å². The van der Waals surface area contributed by atoms with Crippen LogP contribution in [0.25, 0.3) is 0 Å². The zero-order valence-corrected chi connectivity index (χ0v) is 11.7. The Morgan fingerprint density at radius 2 is 2.10 bits per heavy atom. The lowest BCUT2D eigenvalue weighted by Crippen LogP contribution is -2.48. The van der Waals surface area contributed by atoms with E-state index in [4.69, 9.17) is 9.47 Å². The van der Waals surface area contributed by atoms with Crippen LogP contribution in [0.5, 0.6) is 0 Å². The lowest BCUT2D eigenvalue weighted by atomic mass is 9.96. The molecule has 1 aromatic carbocycles. The number of nitrogens with zero attached hydrogens (tertiary/aromatic N) is 1. The minimum absolute atomic E-state index is 0.134. The van der Waals surface area contributed by atoms with Crippen LogP contribution in [0.3, 0.4) is 0 Å². The summed E-state index contributed by atoms with van der Waals surface area (Å²) in [7, 11) is 1.57. The molecular weight excluding hydrogens is 272 g/mol. The van der Waals surface area contributed by atoms with Gasteiger partial charge in [0.2, 0.25) is 0 Å². The van der Waals surface area contributed by atoms with Gasteiger partial charge in [-0.2, -0.15) is 0 Å². The molecule has 110 valence electrons. The van der Waals surface area contributed by atoms with Crippen LogP contribution in [0.4, 0.5) is 4.79 Å². The van der Waals surface area contributed by atoms with Gasteiger partial charge in [0.1, 0.15) is 6.61 Å². The molecule has 0 spiro atoms. The third-order valence-electron chi connectivity index (χ3n) is 3.65. The number of amides is 2. The van der Waals surface area contributed by atoms with Crippen molar-refractivity contribution in [3.63, 3.8) is 0 Å². The summed E-state index contributed by atoms with van der Waals surface area (Å²) in [6.45, 7) is 0.919. The van der Waals surface area contributed by atoms with E-state index in [1.54, 1.807) is 7.11 Å². The number of nitrogens with one attached hydrogen (secondary N) is 1. The second-order valence-electron chi connectivity index (χ2n) is 4.87. The van der Waals surface area contributed by atoms with Crippen molar-refractivity contribution in [3.05, 3.63) is 47.2 Å². The van der Waals surface area contributed by atoms with Crippen LogP contribution in [0.15, 0.2) is 41.6 Å². The van der Waals surface area contributed by atoms with E-state index in [1.165, 1.54) is 4.90 Å². The van der Waals surface area contributed by atoms with Gasteiger partial charge in [-0.3, -0.25) is 4.90 Å². The maximum absolute atomic E-state index is 12.3. The molecule has 2 aliphatic heterocycles. The summed E-state index contributed by atoms with van der Waals surface area (Å²) in [5, 5.41) is 2.87. The Hall–Kier alpha value is -2.34. The van der Waals surface area contributed by atoms with E-state index >= 15 is 0 Å². The van der Waals surface area contributed by atoms with Crippen LogP contribution in [0.2, 0.25) is 0 Å². The maximum Gasteiger partial charge on any atom is 0.338 e. The number of rotatable bonds is 4. The van der Waals surface area contributed by atoms with Gasteiger partial charge in [0.25, 0.3) is 0 Å². The number of methoxy groups -OCH3 is 1. The van der Waals surface area contributed by atoms with Crippen LogP contribution in [-0.2, 0) is 14.3 Å². The van der Waals surface area contributed by atoms with Gasteiger partial charge in [0.15, 0.2) is 0 Å². The van der Waals surface area contributed by atoms with Gasteiger partial charge in [-0.05, 0) is 5.56 Å². The number of hydrogen-bond donors (Lipinski definition) is 1. The van der Waals surface area contributed by atoms with Crippen molar-refractivity contribution in [2.45, 2.75) is 6.04 Å². The van der Waals surface area contributed by atoms with E-state index in [9.17, 15) is 9.59 Å². The van der Waals surface area contributed by atoms with Gasteiger partial charge in [0, 0.05) is 7.11 Å². The third kappa shape index (κ3) is 2.38. The Morgan fingerprint density at radius 3 is 2.81 bits per heavy atom. The van der Waals surface area contributed by atoms with E-state index in [0.29, 0.717) is 24.4 Å². The van der Waals surface area contributed by atoms with Crippen LogP contribution < -0.4 is 5.32 Å².